The van der Waals surface area contributed by atoms with E-state index in [9.17, 15) is 0 Å². The summed E-state index contributed by atoms with van der Waals surface area (Å²) in [6.07, 6.45) is 0. The highest BCUT2D eigenvalue weighted by atomic mass is 32.1. The average Bonchev–Trinajstić information content (AvgIpc) is 2.49. The molecule has 0 saturated carbocycles. The minimum absolute atomic E-state index is 0.602. The van der Waals surface area contributed by atoms with Crippen molar-refractivity contribution in [3.8, 4) is 0 Å². The van der Waals surface area contributed by atoms with Crippen LogP contribution >= 0.6 is 11.3 Å². The van der Waals surface area contributed by atoms with E-state index in [1.807, 2.05) is 6.92 Å². The smallest absolute Gasteiger partial charge is 0.185 e. The van der Waals surface area contributed by atoms with Crippen molar-refractivity contribution in [2.75, 3.05) is 18.0 Å². The lowest BCUT2D eigenvalue weighted by Crippen LogP contribution is -2.21. The van der Waals surface area contributed by atoms with Crippen molar-refractivity contribution in [2.24, 2.45) is 5.73 Å². The summed E-state index contributed by atoms with van der Waals surface area (Å²) in [7, 11) is 0. The van der Waals surface area contributed by atoms with Gasteiger partial charge in [0, 0.05) is 24.5 Å². The van der Waals surface area contributed by atoms with Gasteiger partial charge in [0.1, 0.15) is 0 Å². The van der Waals surface area contributed by atoms with Crippen LogP contribution in [0, 0.1) is 6.92 Å². The van der Waals surface area contributed by atoms with Gasteiger partial charge < -0.3 is 10.6 Å². The summed E-state index contributed by atoms with van der Waals surface area (Å²) >= 11 is 1.71. The number of aromatic nitrogens is 1. The summed E-state index contributed by atoms with van der Waals surface area (Å²) in [6, 6.07) is 0. The maximum absolute atomic E-state index is 5.60. The standard InChI is InChI=1S/C9H17N3S/c1-4-12(5-2)9-11-7(3)8(6-10)13-9/h4-6,10H2,1-3H3. The van der Waals surface area contributed by atoms with E-state index in [0.29, 0.717) is 6.54 Å². The van der Waals surface area contributed by atoms with Crippen LogP contribution in [0.3, 0.4) is 0 Å². The molecule has 74 valence electrons. The van der Waals surface area contributed by atoms with Gasteiger partial charge >= 0.3 is 0 Å². The minimum atomic E-state index is 0.602. The molecule has 1 aromatic heterocycles. The van der Waals surface area contributed by atoms with E-state index in [0.717, 1.165) is 23.9 Å². The molecule has 0 amide bonds. The van der Waals surface area contributed by atoms with Gasteiger partial charge in [0.05, 0.1) is 5.69 Å². The number of aryl methyl sites for hydroxylation is 1. The normalized spacial score (nSPS) is 10.5. The van der Waals surface area contributed by atoms with Crippen LogP contribution < -0.4 is 10.6 Å². The molecule has 0 aromatic carbocycles. The Morgan fingerprint density at radius 1 is 1.38 bits per heavy atom. The summed E-state index contributed by atoms with van der Waals surface area (Å²) < 4.78 is 0. The summed E-state index contributed by atoms with van der Waals surface area (Å²) in [5, 5.41) is 1.10. The van der Waals surface area contributed by atoms with Gasteiger partial charge in [-0.15, -0.1) is 11.3 Å². The zero-order valence-electron chi connectivity index (χ0n) is 8.50. The molecule has 0 aliphatic rings. The molecule has 4 heteroatoms. The first-order valence-electron chi connectivity index (χ1n) is 4.64. The Morgan fingerprint density at radius 3 is 2.38 bits per heavy atom. The third-order valence-corrected chi connectivity index (χ3v) is 3.34. The van der Waals surface area contributed by atoms with Gasteiger partial charge in [0.2, 0.25) is 0 Å². The summed E-state index contributed by atoms with van der Waals surface area (Å²) in [5.41, 5.74) is 6.68. The number of nitrogens with two attached hydrogens (primary N) is 1. The highest BCUT2D eigenvalue weighted by Gasteiger charge is 2.09. The van der Waals surface area contributed by atoms with Crippen LogP contribution in [-0.2, 0) is 6.54 Å². The molecule has 1 rings (SSSR count). The van der Waals surface area contributed by atoms with Gasteiger partial charge in [-0.05, 0) is 20.8 Å². The zero-order valence-corrected chi connectivity index (χ0v) is 9.32. The molecule has 0 radical (unpaired) electrons. The Labute approximate surface area is 83.6 Å². The van der Waals surface area contributed by atoms with E-state index in [-0.39, 0.29) is 0 Å². The van der Waals surface area contributed by atoms with Crippen molar-refractivity contribution >= 4 is 16.5 Å². The van der Waals surface area contributed by atoms with Crippen molar-refractivity contribution in [3.63, 3.8) is 0 Å². The number of hydrogen-bond donors (Lipinski definition) is 1. The molecule has 0 unspecified atom stereocenters. The third kappa shape index (κ3) is 2.19. The third-order valence-electron chi connectivity index (χ3n) is 2.10. The van der Waals surface area contributed by atoms with E-state index in [2.05, 4.69) is 23.7 Å². The van der Waals surface area contributed by atoms with Gasteiger partial charge in [-0.1, -0.05) is 0 Å². The fraction of sp³-hybridized carbons (Fsp3) is 0.667. The van der Waals surface area contributed by atoms with E-state index < -0.39 is 0 Å². The fourth-order valence-corrected chi connectivity index (χ4v) is 2.30. The van der Waals surface area contributed by atoms with Crippen LogP contribution in [0.5, 0.6) is 0 Å². The van der Waals surface area contributed by atoms with Crippen LogP contribution in [-0.4, -0.2) is 18.1 Å². The van der Waals surface area contributed by atoms with Crippen molar-refractivity contribution < 1.29 is 0 Å². The van der Waals surface area contributed by atoms with Crippen molar-refractivity contribution in [1.82, 2.24) is 4.98 Å². The van der Waals surface area contributed by atoms with E-state index in [1.54, 1.807) is 11.3 Å². The molecule has 1 heterocycles. The molecule has 0 bridgehead atoms. The highest BCUT2D eigenvalue weighted by Crippen LogP contribution is 2.25. The van der Waals surface area contributed by atoms with Crippen molar-refractivity contribution in [1.29, 1.82) is 0 Å². The highest BCUT2D eigenvalue weighted by molar-refractivity contribution is 7.15. The van der Waals surface area contributed by atoms with Gasteiger partial charge in [0.15, 0.2) is 5.13 Å². The van der Waals surface area contributed by atoms with Gasteiger partial charge in [-0.2, -0.15) is 0 Å². The number of thiazole rings is 1. The fourth-order valence-electron chi connectivity index (χ4n) is 1.23. The molecule has 0 atom stereocenters. The second-order valence-electron chi connectivity index (χ2n) is 2.88. The van der Waals surface area contributed by atoms with E-state index in [1.165, 1.54) is 4.88 Å². The molecule has 0 aliphatic heterocycles. The van der Waals surface area contributed by atoms with Gasteiger partial charge in [-0.25, -0.2) is 4.98 Å². The number of hydrogen-bond acceptors (Lipinski definition) is 4. The lowest BCUT2D eigenvalue weighted by atomic mass is 10.4. The Balaban J connectivity index is 2.88. The number of rotatable bonds is 4. The monoisotopic (exact) mass is 199 g/mol. The lowest BCUT2D eigenvalue weighted by molar-refractivity contribution is 0.857. The molecule has 0 saturated heterocycles. The van der Waals surface area contributed by atoms with Gasteiger partial charge in [-0.3, -0.25) is 0 Å². The maximum atomic E-state index is 5.60. The largest absolute Gasteiger partial charge is 0.349 e. The molecule has 0 aliphatic carbocycles. The van der Waals surface area contributed by atoms with E-state index >= 15 is 0 Å². The van der Waals surface area contributed by atoms with Crippen molar-refractivity contribution in [3.05, 3.63) is 10.6 Å². The number of nitrogens with zero attached hydrogens (tertiary/aromatic N) is 2. The second-order valence-corrected chi connectivity index (χ2v) is 3.94. The first kappa shape index (κ1) is 10.5. The second kappa shape index (κ2) is 4.58. The molecule has 1 aromatic rings. The van der Waals surface area contributed by atoms with E-state index in [4.69, 9.17) is 5.73 Å². The molecule has 2 N–H and O–H groups in total. The number of anilines is 1. The first-order valence-corrected chi connectivity index (χ1v) is 5.45. The molecular formula is C9H17N3S. The maximum Gasteiger partial charge on any atom is 0.185 e. The average molecular weight is 199 g/mol. The first-order chi connectivity index (χ1) is 6.22. The predicted octanol–water partition coefficient (Wildman–Crippen LogP) is 1.76. The molecule has 0 fully saturated rings. The van der Waals surface area contributed by atoms with Crippen LogP contribution in [0.2, 0.25) is 0 Å². The predicted molar refractivity (Wildman–Crippen MR) is 58.3 cm³/mol. The minimum Gasteiger partial charge on any atom is -0.349 e. The summed E-state index contributed by atoms with van der Waals surface area (Å²) in [4.78, 5) is 7.93. The molecular weight excluding hydrogens is 182 g/mol. The summed E-state index contributed by atoms with van der Waals surface area (Å²) in [5.74, 6) is 0. The molecule has 0 spiro atoms. The Morgan fingerprint density at radius 2 is 2.00 bits per heavy atom. The topological polar surface area (TPSA) is 42.2 Å². The zero-order chi connectivity index (χ0) is 9.84. The SMILES string of the molecule is CCN(CC)c1nc(C)c(CN)s1. The van der Waals surface area contributed by atoms with Gasteiger partial charge in [0.25, 0.3) is 0 Å². The lowest BCUT2D eigenvalue weighted by Gasteiger charge is -2.16. The van der Waals surface area contributed by atoms with Crippen LogP contribution in [0.4, 0.5) is 5.13 Å². The summed E-state index contributed by atoms with van der Waals surface area (Å²) in [6.45, 7) is 8.92. The Hall–Kier alpha value is -0.610. The van der Waals surface area contributed by atoms with Crippen LogP contribution in [0.15, 0.2) is 0 Å². The molecule has 3 nitrogen and oxygen atoms in total. The van der Waals surface area contributed by atoms with Crippen molar-refractivity contribution in [2.45, 2.75) is 27.3 Å². The Kier molecular flexibility index (Phi) is 3.69. The quantitative estimate of drug-likeness (QED) is 0.803. The van der Waals surface area contributed by atoms with Crippen LogP contribution in [0.25, 0.3) is 0 Å². The van der Waals surface area contributed by atoms with Crippen LogP contribution in [0.1, 0.15) is 24.4 Å². The molecule has 13 heavy (non-hydrogen) atoms. The Bertz CT molecular complexity index is 266.